The second-order valence-electron chi connectivity index (χ2n) is 8.62. The lowest BCUT2D eigenvalue weighted by Gasteiger charge is -2.22. The van der Waals surface area contributed by atoms with Gasteiger partial charge in [-0.05, 0) is 50.5 Å². The summed E-state index contributed by atoms with van der Waals surface area (Å²) in [6.45, 7) is 3.48. The fraction of sp³-hybridized carbons (Fsp3) is 0.522. The third-order valence-electron chi connectivity index (χ3n) is 6.19. The van der Waals surface area contributed by atoms with Gasteiger partial charge in [0.1, 0.15) is 23.3 Å². The third kappa shape index (κ3) is 4.29. The first-order chi connectivity index (χ1) is 15.8. The first kappa shape index (κ1) is 20.8. The Bertz CT molecular complexity index is 1080. The van der Waals surface area contributed by atoms with Crippen molar-refractivity contribution in [1.29, 1.82) is 0 Å². The lowest BCUT2D eigenvalue weighted by atomic mass is 10.2. The lowest BCUT2D eigenvalue weighted by Crippen LogP contribution is -2.18. The lowest BCUT2D eigenvalue weighted by molar-refractivity contribution is -0.106. The molecule has 1 saturated heterocycles. The number of imidazole rings is 1. The fourth-order valence-corrected chi connectivity index (χ4v) is 4.41. The van der Waals surface area contributed by atoms with E-state index in [0.717, 1.165) is 85.3 Å². The van der Waals surface area contributed by atoms with Crippen LogP contribution < -0.4 is 15.8 Å². The molecule has 6 rings (SSSR count). The van der Waals surface area contributed by atoms with Gasteiger partial charge in [0.05, 0.1) is 23.9 Å². The van der Waals surface area contributed by atoms with Crippen molar-refractivity contribution >= 4 is 23.1 Å². The Balaban J connectivity index is 0.000000684. The summed E-state index contributed by atoms with van der Waals surface area (Å²) in [6, 6.07) is 4.29. The summed E-state index contributed by atoms with van der Waals surface area (Å²) in [5, 5.41) is 8.17. The van der Waals surface area contributed by atoms with E-state index in [9.17, 15) is 0 Å². The number of primary amides is 1. The van der Waals surface area contributed by atoms with Gasteiger partial charge in [-0.2, -0.15) is 5.10 Å². The fourth-order valence-electron chi connectivity index (χ4n) is 4.41. The highest BCUT2D eigenvalue weighted by molar-refractivity contribution is 5.89. The molecule has 3 aromatic rings. The number of hydrogen-bond acceptors (Lipinski definition) is 6. The first-order valence-electron chi connectivity index (χ1n) is 11.5. The summed E-state index contributed by atoms with van der Waals surface area (Å²) in [5.41, 5.74) is 8.38. The van der Waals surface area contributed by atoms with Crippen LogP contribution in [-0.4, -0.2) is 45.5 Å². The van der Waals surface area contributed by atoms with E-state index in [0.29, 0.717) is 0 Å². The molecule has 1 aliphatic carbocycles. The Morgan fingerprint density at radius 2 is 2.06 bits per heavy atom. The minimum atomic E-state index is 0.0446. The van der Waals surface area contributed by atoms with Crippen molar-refractivity contribution in [2.24, 2.45) is 11.7 Å². The molecule has 0 spiro atoms. The number of anilines is 1. The Kier molecular flexibility index (Phi) is 5.98. The van der Waals surface area contributed by atoms with Crippen molar-refractivity contribution in [3.8, 4) is 17.1 Å². The maximum absolute atomic E-state index is 8.58. The Labute approximate surface area is 186 Å². The molecule has 9 nitrogen and oxygen atoms in total. The van der Waals surface area contributed by atoms with Crippen LogP contribution in [0.5, 0.6) is 5.75 Å². The topological polar surface area (TPSA) is 109 Å². The number of nitrogens with one attached hydrogen (secondary N) is 1. The molecule has 2 fully saturated rings. The number of amides is 1. The summed E-state index contributed by atoms with van der Waals surface area (Å²) in [4.78, 5) is 13.6. The van der Waals surface area contributed by atoms with E-state index in [1.54, 1.807) is 0 Å². The van der Waals surface area contributed by atoms with Gasteiger partial charge in [-0.1, -0.05) is 0 Å². The number of rotatable bonds is 5. The maximum Gasteiger partial charge on any atom is 0.204 e. The van der Waals surface area contributed by atoms with Crippen molar-refractivity contribution in [3.63, 3.8) is 0 Å². The summed E-state index contributed by atoms with van der Waals surface area (Å²) in [5.74, 6) is 2.72. The zero-order valence-electron chi connectivity index (χ0n) is 18.2. The van der Waals surface area contributed by atoms with Crippen molar-refractivity contribution in [1.82, 2.24) is 19.3 Å². The van der Waals surface area contributed by atoms with Crippen LogP contribution in [0.25, 0.3) is 22.4 Å². The molecule has 1 saturated carbocycles. The molecule has 2 aromatic heterocycles. The highest BCUT2D eigenvalue weighted by Crippen LogP contribution is 2.37. The van der Waals surface area contributed by atoms with Crippen LogP contribution in [-0.2, 0) is 16.1 Å². The van der Waals surface area contributed by atoms with Gasteiger partial charge in [0.25, 0.3) is 0 Å². The molecule has 4 heterocycles. The average Bonchev–Trinajstić information content (AvgIpc) is 3.45. The van der Waals surface area contributed by atoms with Gasteiger partial charge in [-0.25, -0.2) is 9.67 Å². The average molecular weight is 439 g/mol. The monoisotopic (exact) mass is 438 g/mol. The third-order valence-corrected chi connectivity index (χ3v) is 6.19. The van der Waals surface area contributed by atoms with Gasteiger partial charge in [0.15, 0.2) is 0 Å². The SMILES string of the molecule is NC=O.c1nn(C2CCCCO2)cc1-c1nc2cc(NCC3CC3)cc3c2n1CCCO3. The number of ether oxygens (including phenoxy) is 2. The maximum atomic E-state index is 8.58. The van der Waals surface area contributed by atoms with Crippen molar-refractivity contribution in [3.05, 3.63) is 24.5 Å². The molecular weight excluding hydrogens is 408 g/mol. The molecule has 2 aliphatic heterocycles. The summed E-state index contributed by atoms with van der Waals surface area (Å²) in [6.07, 6.45) is 11.3. The summed E-state index contributed by atoms with van der Waals surface area (Å²) in [7, 11) is 0. The van der Waals surface area contributed by atoms with Gasteiger partial charge < -0.3 is 25.1 Å². The molecule has 1 amide bonds. The molecule has 32 heavy (non-hydrogen) atoms. The highest BCUT2D eigenvalue weighted by Gasteiger charge is 2.24. The molecule has 0 radical (unpaired) electrons. The van der Waals surface area contributed by atoms with E-state index in [-0.39, 0.29) is 12.6 Å². The van der Waals surface area contributed by atoms with Gasteiger partial charge >= 0.3 is 0 Å². The van der Waals surface area contributed by atoms with Crippen LogP contribution in [0.3, 0.4) is 0 Å². The van der Waals surface area contributed by atoms with E-state index in [2.05, 4.69) is 39.0 Å². The molecule has 3 N–H and O–H groups in total. The second-order valence-corrected chi connectivity index (χ2v) is 8.62. The van der Waals surface area contributed by atoms with Crippen LogP contribution in [0.15, 0.2) is 24.5 Å². The van der Waals surface area contributed by atoms with Crippen LogP contribution in [0.1, 0.15) is 44.8 Å². The van der Waals surface area contributed by atoms with Gasteiger partial charge in [-0.15, -0.1) is 0 Å². The smallest absolute Gasteiger partial charge is 0.204 e. The van der Waals surface area contributed by atoms with Gasteiger partial charge in [-0.3, -0.25) is 4.79 Å². The number of aryl methyl sites for hydroxylation is 1. The standard InChI is InChI=1S/C22H27N5O2.CH3NO/c1-2-8-29-20(4-1)27-14-16(13-24-27)22-25-18-10-17(23-12-15-5-6-15)11-19-21(18)26(22)7-3-9-28-19;2-1-3/h10-11,13-15,20,23H,1-9,12H2;1H,(H2,2,3). The van der Waals surface area contributed by atoms with Crippen LogP contribution in [0, 0.1) is 5.92 Å². The minimum Gasteiger partial charge on any atom is -0.491 e. The van der Waals surface area contributed by atoms with Crippen molar-refractivity contribution in [2.45, 2.75) is 51.3 Å². The van der Waals surface area contributed by atoms with Gasteiger partial charge in [0, 0.05) is 37.6 Å². The number of benzene rings is 1. The number of nitrogens with zero attached hydrogens (tertiary/aromatic N) is 4. The van der Waals surface area contributed by atoms with Crippen LogP contribution in [0.2, 0.25) is 0 Å². The summed E-state index contributed by atoms with van der Waals surface area (Å²) < 4.78 is 16.2. The molecule has 170 valence electrons. The predicted molar refractivity (Wildman–Crippen MR) is 121 cm³/mol. The molecule has 1 aromatic carbocycles. The first-order valence-corrected chi connectivity index (χ1v) is 11.5. The Morgan fingerprint density at radius 1 is 1.19 bits per heavy atom. The van der Waals surface area contributed by atoms with E-state index >= 15 is 0 Å². The zero-order valence-corrected chi connectivity index (χ0v) is 18.2. The van der Waals surface area contributed by atoms with E-state index in [1.807, 2.05) is 10.9 Å². The molecule has 0 bridgehead atoms. The van der Waals surface area contributed by atoms with E-state index < -0.39 is 0 Å². The highest BCUT2D eigenvalue weighted by atomic mass is 16.5. The minimum absolute atomic E-state index is 0.0446. The molecule has 1 unspecified atom stereocenters. The number of carbonyl (C=O) groups is 1. The molecular formula is C23H30N6O3. The van der Waals surface area contributed by atoms with Crippen molar-refractivity contribution in [2.75, 3.05) is 25.1 Å². The predicted octanol–water partition coefficient (Wildman–Crippen LogP) is 3.30. The summed E-state index contributed by atoms with van der Waals surface area (Å²) >= 11 is 0. The van der Waals surface area contributed by atoms with Gasteiger partial charge in [0.2, 0.25) is 6.41 Å². The Morgan fingerprint density at radius 3 is 2.84 bits per heavy atom. The van der Waals surface area contributed by atoms with E-state index in [4.69, 9.17) is 19.3 Å². The molecule has 9 heteroatoms. The largest absolute Gasteiger partial charge is 0.491 e. The quantitative estimate of drug-likeness (QED) is 0.592. The molecule has 3 aliphatic rings. The van der Waals surface area contributed by atoms with Crippen LogP contribution in [0.4, 0.5) is 5.69 Å². The number of aromatic nitrogens is 4. The van der Waals surface area contributed by atoms with E-state index in [1.165, 1.54) is 19.3 Å². The Hall–Kier alpha value is -3.07. The second kappa shape index (κ2) is 9.20. The number of nitrogens with two attached hydrogens (primary N) is 1. The molecule has 1 atom stereocenters. The van der Waals surface area contributed by atoms with Crippen molar-refractivity contribution < 1.29 is 14.3 Å². The number of hydrogen-bond donors (Lipinski definition) is 2. The van der Waals surface area contributed by atoms with Crippen LogP contribution >= 0.6 is 0 Å². The normalized spacial score (nSPS) is 20.1. The zero-order chi connectivity index (χ0) is 21.9. The number of carbonyl (C=O) groups excluding carboxylic acids is 1.